The molecule has 1 aliphatic rings. The minimum absolute atomic E-state index is 0.0432. The molecule has 0 unspecified atom stereocenters. The van der Waals surface area contributed by atoms with Crippen molar-refractivity contribution in [2.45, 2.75) is 25.7 Å². The maximum atomic E-state index is 12.0. The van der Waals surface area contributed by atoms with Gasteiger partial charge in [-0.15, -0.1) is 12.3 Å². The average Bonchev–Trinajstić information content (AvgIpc) is 2.63. The number of carboxylic acid groups (broad SMARTS) is 1. The van der Waals surface area contributed by atoms with E-state index in [9.17, 15) is 9.59 Å². The first-order chi connectivity index (χ1) is 9.63. The summed E-state index contributed by atoms with van der Waals surface area (Å²) < 4.78 is 0. The number of aliphatic carboxylic acids is 1. The lowest BCUT2D eigenvalue weighted by molar-refractivity contribution is -0.138. The predicted molar refractivity (Wildman–Crippen MR) is 76.3 cm³/mol. The van der Waals surface area contributed by atoms with E-state index in [-0.39, 0.29) is 12.6 Å². The smallest absolute Gasteiger partial charge is 0.317 e. The van der Waals surface area contributed by atoms with Crippen LogP contribution >= 0.6 is 0 Å². The molecule has 6 nitrogen and oxygen atoms in total. The maximum Gasteiger partial charge on any atom is 0.317 e. The molecule has 0 aromatic carbocycles. The van der Waals surface area contributed by atoms with E-state index in [0.29, 0.717) is 26.2 Å². The van der Waals surface area contributed by atoms with Gasteiger partial charge in [0.25, 0.3) is 0 Å². The summed E-state index contributed by atoms with van der Waals surface area (Å²) in [7, 11) is 0. The third kappa shape index (κ3) is 6.43. The van der Waals surface area contributed by atoms with E-state index in [1.165, 1.54) is 0 Å². The summed E-state index contributed by atoms with van der Waals surface area (Å²) >= 11 is 0. The predicted octanol–water partition coefficient (Wildman–Crippen LogP) is 0.592. The van der Waals surface area contributed by atoms with Crippen LogP contribution in [0.15, 0.2) is 0 Å². The van der Waals surface area contributed by atoms with Crippen LogP contribution in [0.5, 0.6) is 0 Å². The number of nitrogens with one attached hydrogen (secondary N) is 1. The fraction of sp³-hybridized carbons (Fsp3) is 0.714. The number of terminal acetylenes is 1. The Bertz CT molecular complexity index is 365. The van der Waals surface area contributed by atoms with E-state index in [1.807, 2.05) is 4.90 Å². The Morgan fingerprint density at radius 1 is 1.20 bits per heavy atom. The summed E-state index contributed by atoms with van der Waals surface area (Å²) in [4.78, 5) is 26.2. The third-order valence-electron chi connectivity index (χ3n) is 3.26. The molecule has 0 aromatic heterocycles. The largest absolute Gasteiger partial charge is 0.480 e. The summed E-state index contributed by atoms with van der Waals surface area (Å²) in [5.74, 6) is 1.75. The van der Waals surface area contributed by atoms with Crippen LogP contribution < -0.4 is 5.32 Å². The van der Waals surface area contributed by atoms with Gasteiger partial charge in [-0.25, -0.2) is 4.79 Å². The molecule has 112 valence electrons. The zero-order valence-electron chi connectivity index (χ0n) is 11.8. The molecule has 20 heavy (non-hydrogen) atoms. The second kappa shape index (κ2) is 9.21. The number of urea groups is 1. The Kier molecular flexibility index (Phi) is 7.51. The number of carbonyl (C=O) groups is 2. The SMILES string of the molecule is C#CCCCCNC(=O)N1CCCN(CC(=O)O)CC1. The van der Waals surface area contributed by atoms with E-state index in [0.717, 1.165) is 32.2 Å². The number of hydrogen-bond acceptors (Lipinski definition) is 3. The van der Waals surface area contributed by atoms with Gasteiger partial charge in [0.05, 0.1) is 6.54 Å². The first kappa shape index (κ1) is 16.3. The number of carboxylic acids is 1. The highest BCUT2D eigenvalue weighted by atomic mass is 16.4. The van der Waals surface area contributed by atoms with E-state index < -0.39 is 5.97 Å². The van der Waals surface area contributed by atoms with Gasteiger partial charge in [-0.3, -0.25) is 9.69 Å². The minimum atomic E-state index is -0.823. The monoisotopic (exact) mass is 281 g/mol. The first-order valence-electron chi connectivity index (χ1n) is 7.04. The highest BCUT2D eigenvalue weighted by Crippen LogP contribution is 2.03. The molecule has 2 N–H and O–H groups in total. The zero-order valence-corrected chi connectivity index (χ0v) is 11.8. The Labute approximate surface area is 120 Å². The van der Waals surface area contributed by atoms with Crippen molar-refractivity contribution in [2.24, 2.45) is 0 Å². The van der Waals surface area contributed by atoms with Crippen molar-refractivity contribution in [1.82, 2.24) is 15.1 Å². The van der Waals surface area contributed by atoms with Crippen molar-refractivity contribution in [2.75, 3.05) is 39.3 Å². The topological polar surface area (TPSA) is 72.9 Å². The molecule has 0 aliphatic carbocycles. The molecule has 0 atom stereocenters. The molecular weight excluding hydrogens is 258 g/mol. The molecule has 0 radical (unpaired) electrons. The molecule has 1 rings (SSSR count). The van der Waals surface area contributed by atoms with E-state index >= 15 is 0 Å². The highest BCUT2D eigenvalue weighted by molar-refractivity contribution is 5.74. The first-order valence-corrected chi connectivity index (χ1v) is 7.04. The Morgan fingerprint density at radius 3 is 2.70 bits per heavy atom. The average molecular weight is 281 g/mol. The van der Waals surface area contributed by atoms with Gasteiger partial charge in [0.15, 0.2) is 0 Å². The number of carbonyl (C=O) groups excluding carboxylic acids is 1. The van der Waals surface area contributed by atoms with Crippen LogP contribution in [0.1, 0.15) is 25.7 Å². The standard InChI is InChI=1S/C14H23N3O3/c1-2-3-4-5-7-15-14(20)17-9-6-8-16(10-11-17)12-13(18)19/h1H,3-12H2,(H,15,20)(H,18,19). The molecule has 0 saturated carbocycles. The minimum Gasteiger partial charge on any atom is -0.480 e. The molecule has 0 aromatic rings. The summed E-state index contributed by atoms with van der Waals surface area (Å²) in [6, 6.07) is -0.0668. The van der Waals surface area contributed by atoms with Crippen LogP contribution in [0.4, 0.5) is 4.79 Å². The van der Waals surface area contributed by atoms with Crippen LogP contribution in [0.2, 0.25) is 0 Å². The maximum absolute atomic E-state index is 12.0. The summed E-state index contributed by atoms with van der Waals surface area (Å²) in [6.07, 6.45) is 8.51. The van der Waals surface area contributed by atoms with Crippen molar-refractivity contribution in [3.63, 3.8) is 0 Å². The molecule has 1 saturated heterocycles. The van der Waals surface area contributed by atoms with E-state index in [1.54, 1.807) is 4.90 Å². The Balaban J connectivity index is 2.24. The lowest BCUT2D eigenvalue weighted by Crippen LogP contribution is -2.42. The van der Waals surface area contributed by atoms with Gasteiger partial charge in [-0.05, 0) is 19.3 Å². The van der Waals surface area contributed by atoms with Crippen LogP contribution in [-0.2, 0) is 4.79 Å². The second-order valence-corrected chi connectivity index (χ2v) is 4.90. The van der Waals surface area contributed by atoms with Crippen LogP contribution in [0.3, 0.4) is 0 Å². The van der Waals surface area contributed by atoms with Gasteiger partial charge in [0, 0.05) is 39.1 Å². The molecule has 0 bridgehead atoms. The lowest BCUT2D eigenvalue weighted by Gasteiger charge is -2.21. The fourth-order valence-electron chi connectivity index (χ4n) is 2.18. The van der Waals surface area contributed by atoms with Gasteiger partial charge in [0.2, 0.25) is 0 Å². The fourth-order valence-corrected chi connectivity index (χ4v) is 2.18. The van der Waals surface area contributed by atoms with Gasteiger partial charge >= 0.3 is 12.0 Å². The van der Waals surface area contributed by atoms with Gasteiger partial charge in [-0.1, -0.05) is 0 Å². The normalized spacial score (nSPS) is 16.2. The molecule has 2 amide bonds. The molecule has 1 heterocycles. The molecule has 0 spiro atoms. The summed E-state index contributed by atoms with van der Waals surface area (Å²) in [6.45, 7) is 3.25. The Morgan fingerprint density at radius 2 is 2.00 bits per heavy atom. The highest BCUT2D eigenvalue weighted by Gasteiger charge is 2.19. The number of hydrogen-bond donors (Lipinski definition) is 2. The number of amides is 2. The zero-order chi connectivity index (χ0) is 14.8. The molecule has 6 heteroatoms. The number of unbranched alkanes of at least 4 members (excludes halogenated alkanes) is 2. The number of nitrogens with zero attached hydrogens (tertiary/aromatic N) is 2. The Hall–Kier alpha value is -1.74. The van der Waals surface area contributed by atoms with Crippen molar-refractivity contribution in [3.8, 4) is 12.3 Å². The van der Waals surface area contributed by atoms with Gasteiger partial charge in [-0.2, -0.15) is 0 Å². The quantitative estimate of drug-likeness (QED) is 0.552. The molecular formula is C14H23N3O3. The van der Waals surface area contributed by atoms with E-state index in [4.69, 9.17) is 11.5 Å². The van der Waals surface area contributed by atoms with Crippen LogP contribution in [-0.4, -0.2) is 66.2 Å². The third-order valence-corrected chi connectivity index (χ3v) is 3.26. The molecule has 1 aliphatic heterocycles. The lowest BCUT2D eigenvalue weighted by atomic mass is 10.2. The van der Waals surface area contributed by atoms with Crippen molar-refractivity contribution >= 4 is 12.0 Å². The van der Waals surface area contributed by atoms with Gasteiger partial charge < -0.3 is 15.3 Å². The summed E-state index contributed by atoms with van der Waals surface area (Å²) in [5, 5.41) is 11.6. The number of rotatable bonds is 6. The van der Waals surface area contributed by atoms with Gasteiger partial charge in [0.1, 0.15) is 0 Å². The van der Waals surface area contributed by atoms with Crippen molar-refractivity contribution in [3.05, 3.63) is 0 Å². The van der Waals surface area contributed by atoms with E-state index in [2.05, 4.69) is 11.2 Å². The second-order valence-electron chi connectivity index (χ2n) is 4.90. The van der Waals surface area contributed by atoms with Crippen molar-refractivity contribution in [1.29, 1.82) is 0 Å². The summed E-state index contributed by atoms with van der Waals surface area (Å²) in [5.41, 5.74) is 0. The van der Waals surface area contributed by atoms with Crippen LogP contribution in [0.25, 0.3) is 0 Å². The molecule has 1 fully saturated rings. The van der Waals surface area contributed by atoms with Crippen LogP contribution in [0, 0.1) is 12.3 Å². The van der Waals surface area contributed by atoms with Crippen molar-refractivity contribution < 1.29 is 14.7 Å².